The zero-order chi connectivity index (χ0) is 18.6. The van der Waals surface area contributed by atoms with Gasteiger partial charge in [-0.25, -0.2) is 0 Å². The van der Waals surface area contributed by atoms with E-state index in [4.69, 9.17) is 5.73 Å². The molecular weight excluding hydrogens is 333 g/mol. The van der Waals surface area contributed by atoms with Crippen LogP contribution < -0.4 is 11.1 Å². The van der Waals surface area contributed by atoms with Crippen molar-refractivity contribution >= 4 is 11.8 Å². The average molecular weight is 350 g/mol. The van der Waals surface area contributed by atoms with E-state index in [9.17, 15) is 22.8 Å². The molecular formula is C18H17F3N2O2. The van der Waals surface area contributed by atoms with E-state index in [1.165, 1.54) is 0 Å². The van der Waals surface area contributed by atoms with Crippen molar-refractivity contribution < 1.29 is 22.8 Å². The summed E-state index contributed by atoms with van der Waals surface area (Å²) in [6.07, 6.45) is -4.28. The second-order valence-electron chi connectivity index (χ2n) is 5.69. The molecule has 25 heavy (non-hydrogen) atoms. The van der Waals surface area contributed by atoms with Crippen molar-refractivity contribution in [1.29, 1.82) is 0 Å². The maximum atomic E-state index is 12.5. The Labute approximate surface area is 142 Å². The molecule has 2 amide bonds. The van der Waals surface area contributed by atoms with Gasteiger partial charge in [0.25, 0.3) is 5.91 Å². The third kappa shape index (κ3) is 5.07. The zero-order valence-electron chi connectivity index (χ0n) is 13.4. The van der Waals surface area contributed by atoms with Crippen LogP contribution in [0.5, 0.6) is 0 Å². The summed E-state index contributed by atoms with van der Waals surface area (Å²) in [7, 11) is 0. The summed E-state index contributed by atoms with van der Waals surface area (Å²) in [5.41, 5.74) is 6.34. The van der Waals surface area contributed by atoms with Gasteiger partial charge < -0.3 is 11.1 Å². The summed E-state index contributed by atoms with van der Waals surface area (Å²) in [6.45, 7) is 1.92. The number of benzene rings is 2. The lowest BCUT2D eigenvalue weighted by atomic mass is 10.0. The third-order valence-corrected chi connectivity index (χ3v) is 3.68. The number of halogens is 3. The number of hydrogen-bond acceptors (Lipinski definition) is 2. The van der Waals surface area contributed by atoms with Crippen molar-refractivity contribution in [3.05, 3.63) is 70.8 Å². The van der Waals surface area contributed by atoms with Crippen LogP contribution in [0, 0.1) is 6.92 Å². The first-order valence-electron chi connectivity index (χ1n) is 7.50. The number of nitrogens with one attached hydrogen (secondary N) is 1. The van der Waals surface area contributed by atoms with Crippen molar-refractivity contribution in [2.24, 2.45) is 5.73 Å². The highest BCUT2D eigenvalue weighted by atomic mass is 19.4. The Bertz CT molecular complexity index is 753. The van der Waals surface area contributed by atoms with E-state index < -0.39 is 29.6 Å². The van der Waals surface area contributed by atoms with E-state index in [2.05, 4.69) is 5.32 Å². The lowest BCUT2D eigenvalue weighted by Crippen LogP contribution is -2.45. The van der Waals surface area contributed by atoms with Crippen molar-refractivity contribution in [1.82, 2.24) is 5.32 Å². The van der Waals surface area contributed by atoms with Crippen LogP contribution in [0.3, 0.4) is 0 Å². The Hall–Kier alpha value is -2.83. The number of rotatable bonds is 5. The fraction of sp³-hybridized carbons (Fsp3) is 0.222. The minimum absolute atomic E-state index is 0.0168. The van der Waals surface area contributed by atoms with Gasteiger partial charge in [-0.05, 0) is 36.8 Å². The standard InChI is InChI=1S/C18H17F3N2O2/c1-11-2-4-12(5-3-11)10-15(16(22)24)23-17(25)13-6-8-14(9-7-13)18(19,20)21/h2-9,15H,10H2,1H3,(H2,22,24)(H,23,25). The van der Waals surface area contributed by atoms with Crippen LogP contribution in [0.25, 0.3) is 0 Å². The molecule has 0 spiro atoms. The van der Waals surface area contributed by atoms with Crippen molar-refractivity contribution in [2.75, 3.05) is 0 Å². The largest absolute Gasteiger partial charge is 0.416 e. The van der Waals surface area contributed by atoms with Gasteiger partial charge in [-0.3, -0.25) is 9.59 Å². The summed E-state index contributed by atoms with van der Waals surface area (Å²) in [5, 5.41) is 2.46. The minimum atomic E-state index is -4.48. The molecule has 0 aliphatic heterocycles. The molecule has 0 radical (unpaired) electrons. The second-order valence-corrected chi connectivity index (χ2v) is 5.69. The van der Waals surface area contributed by atoms with Crippen molar-refractivity contribution in [3.63, 3.8) is 0 Å². The highest BCUT2D eigenvalue weighted by molar-refractivity contribution is 5.97. The van der Waals surface area contributed by atoms with Gasteiger partial charge in [0.2, 0.25) is 5.91 Å². The minimum Gasteiger partial charge on any atom is -0.368 e. The van der Waals surface area contributed by atoms with E-state index in [-0.39, 0.29) is 12.0 Å². The maximum absolute atomic E-state index is 12.5. The van der Waals surface area contributed by atoms with Crippen LogP contribution in [0.4, 0.5) is 13.2 Å². The van der Waals surface area contributed by atoms with Crippen LogP contribution in [0.15, 0.2) is 48.5 Å². The molecule has 0 aliphatic carbocycles. The van der Waals surface area contributed by atoms with Gasteiger partial charge >= 0.3 is 6.18 Å². The summed E-state index contributed by atoms with van der Waals surface area (Å²) in [6, 6.07) is 10.1. The number of carbonyl (C=O) groups excluding carboxylic acids is 2. The first kappa shape index (κ1) is 18.5. The lowest BCUT2D eigenvalue weighted by Gasteiger charge is -2.16. The molecule has 0 bridgehead atoms. The Morgan fingerprint density at radius 3 is 2.08 bits per heavy atom. The van der Waals surface area contributed by atoms with Crippen LogP contribution in [0.1, 0.15) is 27.0 Å². The quantitative estimate of drug-likeness (QED) is 0.870. The Kier molecular flexibility index (Phi) is 5.46. The molecule has 1 atom stereocenters. The molecule has 2 rings (SSSR count). The number of nitrogens with two attached hydrogens (primary N) is 1. The molecule has 0 fully saturated rings. The molecule has 0 aliphatic rings. The smallest absolute Gasteiger partial charge is 0.368 e. The first-order valence-corrected chi connectivity index (χ1v) is 7.50. The van der Waals surface area contributed by atoms with E-state index in [1.807, 2.05) is 31.2 Å². The van der Waals surface area contributed by atoms with E-state index in [0.717, 1.165) is 35.4 Å². The van der Waals surface area contributed by atoms with E-state index >= 15 is 0 Å². The topological polar surface area (TPSA) is 72.2 Å². The first-order chi connectivity index (χ1) is 11.7. The molecule has 1 unspecified atom stereocenters. The Morgan fingerprint density at radius 1 is 1.04 bits per heavy atom. The van der Waals surface area contributed by atoms with Gasteiger partial charge in [0.1, 0.15) is 6.04 Å². The number of primary amides is 1. The monoisotopic (exact) mass is 350 g/mol. The molecule has 4 nitrogen and oxygen atoms in total. The Morgan fingerprint density at radius 2 is 1.60 bits per heavy atom. The number of alkyl halides is 3. The maximum Gasteiger partial charge on any atom is 0.416 e. The molecule has 3 N–H and O–H groups in total. The fourth-order valence-corrected chi connectivity index (χ4v) is 2.23. The van der Waals surface area contributed by atoms with Crippen LogP contribution >= 0.6 is 0 Å². The molecule has 0 heterocycles. The van der Waals surface area contributed by atoms with Gasteiger partial charge in [0.05, 0.1) is 5.56 Å². The molecule has 0 saturated heterocycles. The summed E-state index contributed by atoms with van der Waals surface area (Å²) in [4.78, 5) is 23.7. The number of amides is 2. The lowest BCUT2D eigenvalue weighted by molar-refractivity contribution is -0.137. The van der Waals surface area contributed by atoms with E-state index in [0.29, 0.717) is 0 Å². The van der Waals surface area contributed by atoms with Crippen LogP contribution in [-0.2, 0) is 17.4 Å². The second kappa shape index (κ2) is 7.38. The third-order valence-electron chi connectivity index (χ3n) is 3.68. The van der Waals surface area contributed by atoms with E-state index in [1.54, 1.807) is 0 Å². The van der Waals surface area contributed by atoms with Gasteiger partial charge in [-0.2, -0.15) is 13.2 Å². The summed E-state index contributed by atoms with van der Waals surface area (Å²) >= 11 is 0. The number of hydrogen-bond donors (Lipinski definition) is 2. The molecule has 132 valence electrons. The summed E-state index contributed by atoms with van der Waals surface area (Å²) < 4.78 is 37.6. The van der Waals surface area contributed by atoms with Crippen molar-refractivity contribution in [2.45, 2.75) is 25.6 Å². The van der Waals surface area contributed by atoms with Gasteiger partial charge in [0, 0.05) is 12.0 Å². The van der Waals surface area contributed by atoms with Gasteiger partial charge in [-0.15, -0.1) is 0 Å². The van der Waals surface area contributed by atoms with Crippen molar-refractivity contribution in [3.8, 4) is 0 Å². The molecule has 0 aromatic heterocycles. The molecule has 7 heteroatoms. The number of aryl methyl sites for hydroxylation is 1. The number of carbonyl (C=O) groups is 2. The molecule has 0 saturated carbocycles. The molecule has 2 aromatic rings. The van der Waals surface area contributed by atoms with Gasteiger partial charge in [0.15, 0.2) is 0 Å². The van der Waals surface area contributed by atoms with Crippen LogP contribution in [-0.4, -0.2) is 17.9 Å². The highest BCUT2D eigenvalue weighted by Gasteiger charge is 2.30. The van der Waals surface area contributed by atoms with Gasteiger partial charge in [-0.1, -0.05) is 29.8 Å². The SMILES string of the molecule is Cc1ccc(CC(NC(=O)c2ccc(C(F)(F)F)cc2)C(N)=O)cc1. The van der Waals surface area contributed by atoms with Crippen LogP contribution in [0.2, 0.25) is 0 Å². The summed E-state index contributed by atoms with van der Waals surface area (Å²) in [5.74, 6) is -1.38. The molecule has 2 aromatic carbocycles. The average Bonchev–Trinajstić information content (AvgIpc) is 2.55. The Balaban J connectivity index is 2.09. The predicted molar refractivity (Wildman–Crippen MR) is 86.8 cm³/mol. The normalized spacial score (nSPS) is 12.5. The fourth-order valence-electron chi connectivity index (χ4n) is 2.23. The predicted octanol–water partition coefficient (Wildman–Crippen LogP) is 2.84. The highest BCUT2D eigenvalue weighted by Crippen LogP contribution is 2.29. The zero-order valence-corrected chi connectivity index (χ0v) is 13.4.